The zero-order valence-corrected chi connectivity index (χ0v) is 19.9. The van der Waals surface area contributed by atoms with Gasteiger partial charge in [-0.3, -0.25) is 4.79 Å². The number of esters is 1. The maximum atomic E-state index is 13.4. The largest absolute Gasteiger partial charge is 0.461 e. The zero-order chi connectivity index (χ0) is 25.7. The van der Waals surface area contributed by atoms with Crippen LogP contribution >= 0.6 is 0 Å². The normalized spacial score (nSPS) is 10.8. The summed E-state index contributed by atoms with van der Waals surface area (Å²) in [6.45, 7) is 4.02. The number of ether oxygens (including phenoxy) is 1. The van der Waals surface area contributed by atoms with Crippen molar-refractivity contribution in [3.05, 3.63) is 107 Å². The zero-order valence-electron chi connectivity index (χ0n) is 19.9. The summed E-state index contributed by atoms with van der Waals surface area (Å²) in [5, 5.41) is 7.11. The molecule has 3 aromatic carbocycles. The van der Waals surface area contributed by atoms with Gasteiger partial charge in [0.05, 0.1) is 18.0 Å². The second kappa shape index (κ2) is 10.9. The molecule has 0 spiro atoms. The first kappa shape index (κ1) is 24.8. The van der Waals surface area contributed by atoms with Gasteiger partial charge in [0.25, 0.3) is 5.91 Å². The molecule has 1 heterocycles. The van der Waals surface area contributed by atoms with Gasteiger partial charge in [0.2, 0.25) is 0 Å². The molecule has 0 atom stereocenters. The number of aryl methyl sites for hydroxylation is 1. The first-order chi connectivity index (χ1) is 17.4. The third kappa shape index (κ3) is 5.66. The molecule has 0 bridgehead atoms. The van der Waals surface area contributed by atoms with Crippen LogP contribution in [0.15, 0.2) is 72.8 Å². The van der Waals surface area contributed by atoms with Gasteiger partial charge in [-0.1, -0.05) is 31.2 Å². The second-order valence-corrected chi connectivity index (χ2v) is 8.10. The topological polar surface area (TPSA) is 73.2 Å². The lowest BCUT2D eigenvalue weighted by atomic mass is 10.1. The number of nitrogens with one attached hydrogen (secondary N) is 1. The number of halogens is 2. The summed E-state index contributed by atoms with van der Waals surface area (Å²) in [5.41, 5.74) is 4.26. The third-order valence-corrected chi connectivity index (χ3v) is 5.60. The van der Waals surface area contributed by atoms with Crippen LogP contribution in [0.2, 0.25) is 0 Å². The molecule has 6 nitrogen and oxygen atoms in total. The van der Waals surface area contributed by atoms with E-state index in [0.29, 0.717) is 22.5 Å². The molecule has 8 heteroatoms. The number of amides is 1. The minimum absolute atomic E-state index is 0.0186. The molecule has 0 aliphatic carbocycles. The molecule has 0 unspecified atom stereocenters. The van der Waals surface area contributed by atoms with Crippen molar-refractivity contribution in [2.75, 3.05) is 6.61 Å². The Morgan fingerprint density at radius 1 is 0.889 bits per heavy atom. The molecule has 0 saturated carbocycles. The van der Waals surface area contributed by atoms with Crippen molar-refractivity contribution in [3.63, 3.8) is 0 Å². The van der Waals surface area contributed by atoms with Gasteiger partial charge in [0.1, 0.15) is 11.6 Å². The van der Waals surface area contributed by atoms with E-state index < -0.39 is 23.5 Å². The number of benzene rings is 3. The molecule has 0 radical (unpaired) electrons. The molecule has 0 saturated heterocycles. The molecule has 1 amide bonds. The smallest absolute Gasteiger partial charge is 0.358 e. The highest BCUT2D eigenvalue weighted by Crippen LogP contribution is 2.25. The molecule has 4 rings (SSSR count). The summed E-state index contributed by atoms with van der Waals surface area (Å²) in [6, 6.07) is 19.4. The summed E-state index contributed by atoms with van der Waals surface area (Å²) in [5.74, 6) is -2.32. The van der Waals surface area contributed by atoms with Crippen LogP contribution < -0.4 is 5.32 Å². The number of hydrogen-bond acceptors (Lipinski definition) is 4. The van der Waals surface area contributed by atoms with Crippen molar-refractivity contribution >= 4 is 11.9 Å². The summed E-state index contributed by atoms with van der Waals surface area (Å²) in [6.07, 6.45) is 0.908. The molecule has 1 aromatic heterocycles. The SMILES string of the molecule is CCOC(=O)c1cc(-c2ccc(CC)cc2)n(-c2ccc(C(=O)NCc3cc(F)cc(F)c3)cc2)n1. The summed E-state index contributed by atoms with van der Waals surface area (Å²) in [4.78, 5) is 24.9. The van der Waals surface area contributed by atoms with Crippen molar-refractivity contribution < 1.29 is 23.1 Å². The van der Waals surface area contributed by atoms with Gasteiger partial charge in [-0.25, -0.2) is 18.3 Å². The molecule has 0 aliphatic heterocycles. The Morgan fingerprint density at radius 3 is 2.17 bits per heavy atom. The average Bonchev–Trinajstić information content (AvgIpc) is 3.33. The van der Waals surface area contributed by atoms with E-state index in [9.17, 15) is 18.4 Å². The van der Waals surface area contributed by atoms with Crippen LogP contribution in [0, 0.1) is 11.6 Å². The maximum absolute atomic E-state index is 13.4. The van der Waals surface area contributed by atoms with Crippen LogP contribution in [0.3, 0.4) is 0 Å². The Balaban J connectivity index is 1.58. The van der Waals surface area contributed by atoms with Crippen molar-refractivity contribution in [3.8, 4) is 16.9 Å². The van der Waals surface area contributed by atoms with Crippen molar-refractivity contribution in [1.82, 2.24) is 15.1 Å². The number of carbonyl (C=O) groups excluding carboxylic acids is 2. The number of nitrogens with zero attached hydrogens (tertiary/aromatic N) is 2. The van der Waals surface area contributed by atoms with E-state index in [2.05, 4.69) is 17.3 Å². The minimum Gasteiger partial charge on any atom is -0.461 e. The summed E-state index contributed by atoms with van der Waals surface area (Å²) in [7, 11) is 0. The fraction of sp³-hybridized carbons (Fsp3) is 0.179. The summed E-state index contributed by atoms with van der Waals surface area (Å²) >= 11 is 0. The third-order valence-electron chi connectivity index (χ3n) is 5.60. The highest BCUT2D eigenvalue weighted by molar-refractivity contribution is 5.94. The standard InChI is InChI=1S/C28H25F2N3O3/c1-3-18-5-7-20(8-6-18)26-16-25(28(35)36-4-2)32-33(26)24-11-9-21(10-12-24)27(34)31-17-19-13-22(29)15-23(30)14-19/h5-16H,3-4,17H2,1-2H3,(H,31,34). The van der Waals surface area contributed by atoms with Crippen LogP contribution in [0.1, 0.15) is 45.8 Å². The molecule has 0 fully saturated rings. The monoisotopic (exact) mass is 489 g/mol. The first-order valence-corrected chi connectivity index (χ1v) is 11.6. The van der Waals surface area contributed by atoms with Crippen LogP contribution in [-0.4, -0.2) is 28.3 Å². The van der Waals surface area contributed by atoms with Gasteiger partial charge in [0, 0.05) is 23.7 Å². The Kier molecular flexibility index (Phi) is 7.53. The van der Waals surface area contributed by atoms with E-state index >= 15 is 0 Å². The number of rotatable bonds is 8. The molecular weight excluding hydrogens is 464 g/mol. The van der Waals surface area contributed by atoms with Gasteiger partial charge >= 0.3 is 5.97 Å². The van der Waals surface area contributed by atoms with E-state index in [-0.39, 0.29) is 18.8 Å². The Hall–Kier alpha value is -4.33. The van der Waals surface area contributed by atoms with Crippen LogP contribution in [0.4, 0.5) is 8.78 Å². The Morgan fingerprint density at radius 2 is 1.56 bits per heavy atom. The lowest BCUT2D eigenvalue weighted by Gasteiger charge is -2.10. The maximum Gasteiger partial charge on any atom is 0.358 e. The molecule has 1 N–H and O–H groups in total. The van der Waals surface area contributed by atoms with E-state index in [1.165, 1.54) is 17.7 Å². The fourth-order valence-electron chi connectivity index (χ4n) is 3.75. The highest BCUT2D eigenvalue weighted by atomic mass is 19.1. The lowest BCUT2D eigenvalue weighted by Crippen LogP contribution is -2.22. The minimum atomic E-state index is -0.704. The van der Waals surface area contributed by atoms with E-state index in [0.717, 1.165) is 18.1 Å². The van der Waals surface area contributed by atoms with Crippen LogP contribution in [0.5, 0.6) is 0 Å². The van der Waals surface area contributed by atoms with E-state index in [1.807, 2.05) is 24.3 Å². The van der Waals surface area contributed by atoms with Gasteiger partial charge in [0.15, 0.2) is 5.69 Å². The highest BCUT2D eigenvalue weighted by Gasteiger charge is 2.18. The molecule has 184 valence electrons. The lowest BCUT2D eigenvalue weighted by molar-refractivity contribution is 0.0518. The quantitative estimate of drug-likeness (QED) is 0.333. The van der Waals surface area contributed by atoms with Gasteiger partial charge in [-0.05, 0) is 66.9 Å². The van der Waals surface area contributed by atoms with Gasteiger partial charge in [-0.2, -0.15) is 5.10 Å². The molecular formula is C28H25F2N3O3. The Labute approximate surface area is 207 Å². The molecule has 0 aliphatic rings. The number of carbonyl (C=O) groups is 2. The van der Waals surface area contributed by atoms with Crippen molar-refractivity contribution in [2.24, 2.45) is 0 Å². The van der Waals surface area contributed by atoms with Crippen molar-refractivity contribution in [1.29, 1.82) is 0 Å². The molecule has 36 heavy (non-hydrogen) atoms. The van der Waals surface area contributed by atoms with E-state index in [1.54, 1.807) is 41.9 Å². The van der Waals surface area contributed by atoms with Crippen molar-refractivity contribution in [2.45, 2.75) is 26.8 Å². The predicted octanol–water partition coefficient (Wildman–Crippen LogP) is 5.49. The van der Waals surface area contributed by atoms with Crippen LogP contribution in [-0.2, 0) is 17.7 Å². The van der Waals surface area contributed by atoms with Gasteiger partial charge in [-0.15, -0.1) is 0 Å². The van der Waals surface area contributed by atoms with E-state index in [4.69, 9.17) is 4.74 Å². The second-order valence-electron chi connectivity index (χ2n) is 8.10. The molecule has 4 aromatic rings. The Bertz CT molecular complexity index is 1360. The fourth-order valence-corrected chi connectivity index (χ4v) is 3.75. The number of hydrogen-bond donors (Lipinski definition) is 1. The first-order valence-electron chi connectivity index (χ1n) is 11.6. The number of aromatic nitrogens is 2. The summed E-state index contributed by atoms with van der Waals surface area (Å²) < 4.78 is 33.5. The van der Waals surface area contributed by atoms with Crippen LogP contribution in [0.25, 0.3) is 16.9 Å². The van der Waals surface area contributed by atoms with Gasteiger partial charge < -0.3 is 10.1 Å². The average molecular weight is 490 g/mol. The predicted molar refractivity (Wildman–Crippen MR) is 132 cm³/mol.